The van der Waals surface area contributed by atoms with Gasteiger partial charge in [0.15, 0.2) is 0 Å². The summed E-state index contributed by atoms with van der Waals surface area (Å²) in [5, 5.41) is 13.6. The second-order valence-electron chi connectivity index (χ2n) is 6.57. The van der Waals surface area contributed by atoms with Gasteiger partial charge in [-0.3, -0.25) is 9.59 Å². The quantitative estimate of drug-likeness (QED) is 0.710. The molecular weight excluding hydrogens is 374 g/mol. The third kappa shape index (κ3) is 3.51. The molecular formula is C21H21N3O3S. The third-order valence-electron chi connectivity index (χ3n) is 4.83. The zero-order valence-electron chi connectivity index (χ0n) is 16.3. The Bertz CT molecular complexity index is 1170. The molecule has 0 saturated carbocycles. The van der Waals surface area contributed by atoms with Crippen LogP contribution in [0.3, 0.4) is 0 Å². The van der Waals surface area contributed by atoms with Crippen molar-refractivity contribution in [2.24, 2.45) is 0 Å². The molecule has 1 aromatic carbocycles. The minimum Gasteiger partial charge on any atom is -0.495 e. The zero-order valence-corrected chi connectivity index (χ0v) is 17.1. The van der Waals surface area contributed by atoms with Gasteiger partial charge < -0.3 is 14.6 Å². The Balaban J connectivity index is 1.88. The number of hydrogen-bond acceptors (Lipinski definition) is 5. The van der Waals surface area contributed by atoms with Gasteiger partial charge in [0.25, 0.3) is 5.56 Å². The van der Waals surface area contributed by atoms with Gasteiger partial charge in [0.05, 0.1) is 18.2 Å². The van der Waals surface area contributed by atoms with E-state index < -0.39 is 0 Å². The van der Waals surface area contributed by atoms with Crippen molar-refractivity contribution in [3.8, 4) is 11.8 Å². The minimum atomic E-state index is -0.242. The number of para-hydroxylation sites is 1. The van der Waals surface area contributed by atoms with Gasteiger partial charge in [0.2, 0.25) is 5.91 Å². The smallest absolute Gasteiger partial charge is 0.251 e. The maximum Gasteiger partial charge on any atom is 0.251 e. The van der Waals surface area contributed by atoms with Crippen LogP contribution in [0.1, 0.15) is 28.0 Å². The number of hydrogen-bond donors (Lipinski definition) is 1. The van der Waals surface area contributed by atoms with Gasteiger partial charge in [0, 0.05) is 29.3 Å². The lowest BCUT2D eigenvalue weighted by Gasteiger charge is -2.14. The number of carbonyl (C=O) groups excluding carboxylic acids is 1. The van der Waals surface area contributed by atoms with Crippen LogP contribution in [-0.4, -0.2) is 17.6 Å². The molecule has 0 fully saturated rings. The second kappa shape index (κ2) is 7.87. The first kappa shape index (κ1) is 19.6. The van der Waals surface area contributed by atoms with E-state index in [4.69, 9.17) is 4.74 Å². The molecule has 1 amide bonds. The SMILES string of the molecule is COc1cccc2c(C)cc(=O)n(CCC(=O)Nc3sc(C)c(C)c3C#N)c12. The molecule has 0 aliphatic rings. The summed E-state index contributed by atoms with van der Waals surface area (Å²) >= 11 is 1.39. The van der Waals surface area contributed by atoms with E-state index in [1.165, 1.54) is 11.3 Å². The monoisotopic (exact) mass is 395 g/mol. The number of thiophene rings is 1. The first-order valence-electron chi connectivity index (χ1n) is 8.84. The topological polar surface area (TPSA) is 84.1 Å². The van der Waals surface area contributed by atoms with Gasteiger partial charge in [-0.25, -0.2) is 0 Å². The Labute approximate surface area is 167 Å². The molecule has 3 rings (SSSR count). The van der Waals surface area contributed by atoms with E-state index in [1.807, 2.05) is 32.9 Å². The number of methoxy groups -OCH3 is 1. The highest BCUT2D eigenvalue weighted by molar-refractivity contribution is 7.16. The van der Waals surface area contributed by atoms with Crippen LogP contribution in [0.5, 0.6) is 5.75 Å². The fourth-order valence-electron chi connectivity index (χ4n) is 3.21. The predicted molar refractivity (Wildman–Crippen MR) is 111 cm³/mol. The lowest BCUT2D eigenvalue weighted by molar-refractivity contribution is -0.116. The summed E-state index contributed by atoms with van der Waals surface area (Å²) < 4.78 is 7.00. The third-order valence-corrected chi connectivity index (χ3v) is 5.95. The fourth-order valence-corrected chi connectivity index (χ4v) is 4.24. The van der Waals surface area contributed by atoms with Crippen molar-refractivity contribution in [2.45, 2.75) is 33.7 Å². The average Bonchev–Trinajstić information content (AvgIpc) is 2.93. The van der Waals surface area contributed by atoms with Crippen LogP contribution < -0.4 is 15.6 Å². The highest BCUT2D eigenvalue weighted by Crippen LogP contribution is 2.32. The van der Waals surface area contributed by atoms with Crippen molar-refractivity contribution in [1.29, 1.82) is 5.26 Å². The molecule has 1 N–H and O–H groups in total. The number of rotatable bonds is 5. The lowest BCUT2D eigenvalue weighted by atomic mass is 10.1. The van der Waals surface area contributed by atoms with Gasteiger partial charge >= 0.3 is 0 Å². The minimum absolute atomic E-state index is 0.108. The van der Waals surface area contributed by atoms with Crippen molar-refractivity contribution in [3.05, 3.63) is 56.2 Å². The molecule has 28 heavy (non-hydrogen) atoms. The Hall–Kier alpha value is -3.11. The maximum absolute atomic E-state index is 12.6. The van der Waals surface area contributed by atoms with Crippen LogP contribution in [0.4, 0.5) is 5.00 Å². The second-order valence-corrected chi connectivity index (χ2v) is 7.80. The van der Waals surface area contributed by atoms with Crippen molar-refractivity contribution in [1.82, 2.24) is 4.57 Å². The number of anilines is 1. The van der Waals surface area contributed by atoms with Crippen LogP contribution in [0.15, 0.2) is 29.1 Å². The van der Waals surface area contributed by atoms with Crippen LogP contribution in [-0.2, 0) is 11.3 Å². The lowest BCUT2D eigenvalue weighted by Crippen LogP contribution is -2.24. The Morgan fingerprint density at radius 2 is 2.07 bits per heavy atom. The number of aromatic nitrogens is 1. The largest absolute Gasteiger partial charge is 0.495 e. The van der Waals surface area contributed by atoms with E-state index in [1.54, 1.807) is 23.8 Å². The number of pyridine rings is 1. The standard InChI is InChI=1S/C21H21N3O3S/c1-12-10-19(26)24(20-15(12)6-5-7-17(20)27-4)9-8-18(25)23-21-16(11-22)13(2)14(3)28-21/h5-7,10H,8-9H2,1-4H3,(H,23,25). The summed E-state index contributed by atoms with van der Waals surface area (Å²) in [5.74, 6) is 0.350. The molecule has 0 spiro atoms. The zero-order chi connectivity index (χ0) is 20.4. The molecule has 0 atom stereocenters. The molecule has 2 heterocycles. The van der Waals surface area contributed by atoms with E-state index in [2.05, 4.69) is 11.4 Å². The Kier molecular flexibility index (Phi) is 5.52. The van der Waals surface area contributed by atoms with Gasteiger partial charge in [-0.1, -0.05) is 12.1 Å². The number of carbonyl (C=O) groups is 1. The Morgan fingerprint density at radius 3 is 2.75 bits per heavy atom. The highest BCUT2D eigenvalue weighted by atomic mass is 32.1. The van der Waals surface area contributed by atoms with Crippen molar-refractivity contribution >= 4 is 33.1 Å². The van der Waals surface area contributed by atoms with Gasteiger partial charge in [-0.15, -0.1) is 11.3 Å². The average molecular weight is 395 g/mol. The molecule has 7 heteroatoms. The number of benzene rings is 1. The summed E-state index contributed by atoms with van der Waals surface area (Å²) in [7, 11) is 1.56. The molecule has 144 valence electrons. The van der Waals surface area contributed by atoms with E-state index in [-0.39, 0.29) is 24.4 Å². The first-order valence-corrected chi connectivity index (χ1v) is 9.66. The summed E-state index contributed by atoms with van der Waals surface area (Å²) in [6, 6.07) is 9.32. The molecule has 2 aromatic heterocycles. The summed E-state index contributed by atoms with van der Waals surface area (Å²) in [6.07, 6.45) is 0.108. The van der Waals surface area contributed by atoms with E-state index in [9.17, 15) is 14.9 Å². The molecule has 6 nitrogen and oxygen atoms in total. The molecule has 0 aliphatic carbocycles. The van der Waals surface area contributed by atoms with E-state index in [0.717, 1.165) is 21.4 Å². The normalized spacial score (nSPS) is 10.7. The summed E-state index contributed by atoms with van der Waals surface area (Å²) in [6.45, 7) is 5.88. The van der Waals surface area contributed by atoms with Crippen LogP contribution in [0.25, 0.3) is 10.9 Å². The number of fused-ring (bicyclic) bond motifs is 1. The molecule has 0 bridgehead atoms. The summed E-state index contributed by atoms with van der Waals surface area (Å²) in [4.78, 5) is 26.1. The predicted octanol–water partition coefficient (Wildman–Crippen LogP) is 3.90. The van der Waals surface area contributed by atoms with Crippen LogP contribution in [0, 0.1) is 32.1 Å². The number of nitrogens with one attached hydrogen (secondary N) is 1. The number of nitriles is 1. The first-order chi connectivity index (χ1) is 13.4. The maximum atomic E-state index is 12.6. The van der Waals surface area contributed by atoms with Gasteiger partial charge in [-0.2, -0.15) is 5.26 Å². The molecule has 0 saturated heterocycles. The number of nitrogens with zero attached hydrogens (tertiary/aromatic N) is 2. The molecule has 3 aromatic rings. The number of amides is 1. The fraction of sp³-hybridized carbons (Fsp3) is 0.286. The van der Waals surface area contributed by atoms with Crippen molar-refractivity contribution in [3.63, 3.8) is 0 Å². The van der Waals surface area contributed by atoms with E-state index in [0.29, 0.717) is 21.8 Å². The number of ether oxygens (including phenoxy) is 1. The molecule has 0 aliphatic heterocycles. The van der Waals surface area contributed by atoms with Crippen molar-refractivity contribution in [2.75, 3.05) is 12.4 Å². The van der Waals surface area contributed by atoms with Crippen molar-refractivity contribution < 1.29 is 9.53 Å². The van der Waals surface area contributed by atoms with Gasteiger partial charge in [0.1, 0.15) is 16.8 Å². The molecule has 0 radical (unpaired) electrons. The van der Waals surface area contributed by atoms with Crippen LogP contribution >= 0.6 is 11.3 Å². The van der Waals surface area contributed by atoms with E-state index >= 15 is 0 Å². The van der Waals surface area contributed by atoms with Crippen LogP contribution in [0.2, 0.25) is 0 Å². The highest BCUT2D eigenvalue weighted by Gasteiger charge is 2.16. The number of aryl methyl sites for hydroxylation is 3. The molecule has 0 unspecified atom stereocenters. The summed E-state index contributed by atoms with van der Waals surface area (Å²) in [5.41, 5.74) is 2.75. The van der Waals surface area contributed by atoms with Gasteiger partial charge in [-0.05, 0) is 38.0 Å². The Morgan fingerprint density at radius 1 is 1.32 bits per heavy atom.